The Balaban J connectivity index is 3.28. The third-order valence-electron chi connectivity index (χ3n) is 2.58. The zero-order valence-corrected chi connectivity index (χ0v) is 10.2. The number of carbonyl (C=O) groups excluding carboxylic acids is 1. The Morgan fingerprint density at radius 3 is 2.18 bits per heavy atom. The van der Waals surface area contributed by atoms with Gasteiger partial charge in [-0.15, -0.1) is 0 Å². The Morgan fingerprint density at radius 2 is 1.88 bits per heavy atom. The Kier molecular flexibility index (Phi) is 3.42. The molecule has 1 heterocycles. The highest BCUT2D eigenvalue weighted by Gasteiger charge is 2.49. The maximum Gasteiger partial charge on any atom is 0.260 e. The molecule has 1 aliphatic rings. The van der Waals surface area contributed by atoms with E-state index in [4.69, 9.17) is 5.73 Å². The van der Waals surface area contributed by atoms with Crippen LogP contribution in [0.5, 0.6) is 0 Å². The molecule has 0 aromatic carbocycles. The average Bonchev–Trinajstić information content (AvgIpc) is 2.38. The summed E-state index contributed by atoms with van der Waals surface area (Å²) < 4.78 is 39.8. The standard InChI is InChI=1S/C10H16F3N3O/c1-10(2,3)16-6(7(11)12)5(9(14)17)8(13)15(16)4/h6-7H,1-4H3,(H2,14,17). The van der Waals surface area contributed by atoms with Gasteiger partial charge in [0.25, 0.3) is 12.3 Å². The van der Waals surface area contributed by atoms with Crippen molar-refractivity contribution in [3.8, 4) is 0 Å². The molecule has 1 unspecified atom stereocenters. The fourth-order valence-corrected chi connectivity index (χ4v) is 2.05. The number of nitrogens with two attached hydrogens (primary N) is 1. The molecule has 0 saturated heterocycles. The van der Waals surface area contributed by atoms with Crippen molar-refractivity contribution in [3.05, 3.63) is 11.5 Å². The van der Waals surface area contributed by atoms with E-state index in [9.17, 15) is 18.0 Å². The zero-order valence-electron chi connectivity index (χ0n) is 10.2. The summed E-state index contributed by atoms with van der Waals surface area (Å²) in [6.07, 6.45) is -2.90. The Morgan fingerprint density at radius 1 is 1.41 bits per heavy atom. The summed E-state index contributed by atoms with van der Waals surface area (Å²) in [4.78, 5) is 11.1. The van der Waals surface area contributed by atoms with Crippen LogP contribution in [0.2, 0.25) is 0 Å². The van der Waals surface area contributed by atoms with Crippen LogP contribution >= 0.6 is 0 Å². The van der Waals surface area contributed by atoms with Gasteiger partial charge in [0.1, 0.15) is 6.04 Å². The number of hydrogen-bond donors (Lipinski definition) is 1. The predicted molar refractivity (Wildman–Crippen MR) is 56.5 cm³/mol. The largest absolute Gasteiger partial charge is 0.366 e. The maximum atomic E-state index is 13.8. The molecule has 1 rings (SSSR count). The van der Waals surface area contributed by atoms with E-state index in [-0.39, 0.29) is 0 Å². The average molecular weight is 251 g/mol. The monoisotopic (exact) mass is 251 g/mol. The molecule has 7 heteroatoms. The third kappa shape index (κ3) is 2.24. The van der Waals surface area contributed by atoms with Gasteiger partial charge in [0.15, 0.2) is 0 Å². The molecule has 17 heavy (non-hydrogen) atoms. The topological polar surface area (TPSA) is 49.6 Å². The molecule has 0 aromatic rings. The molecule has 0 radical (unpaired) electrons. The van der Waals surface area contributed by atoms with Crippen molar-refractivity contribution in [1.82, 2.24) is 10.0 Å². The van der Waals surface area contributed by atoms with Gasteiger partial charge in [-0.25, -0.2) is 13.8 Å². The number of hydrazine groups is 1. The SMILES string of the molecule is CN1C(F)=C(C(N)=O)C(C(F)F)N1C(C)(C)C. The van der Waals surface area contributed by atoms with Gasteiger partial charge in [0, 0.05) is 12.6 Å². The summed E-state index contributed by atoms with van der Waals surface area (Å²) in [5, 5.41) is 2.03. The molecule has 98 valence electrons. The van der Waals surface area contributed by atoms with Crippen LogP contribution < -0.4 is 5.73 Å². The second-order valence-corrected chi connectivity index (χ2v) is 4.89. The van der Waals surface area contributed by atoms with Crippen LogP contribution in [0, 0.1) is 0 Å². The van der Waals surface area contributed by atoms with Crippen molar-refractivity contribution >= 4 is 5.91 Å². The normalized spacial score (nSPS) is 22.8. The summed E-state index contributed by atoms with van der Waals surface area (Å²) >= 11 is 0. The van der Waals surface area contributed by atoms with Gasteiger partial charge in [-0.05, 0) is 20.8 Å². The van der Waals surface area contributed by atoms with Crippen LogP contribution in [-0.2, 0) is 4.79 Å². The number of primary amides is 1. The quantitative estimate of drug-likeness (QED) is 0.751. The van der Waals surface area contributed by atoms with E-state index < -0.39 is 35.4 Å². The van der Waals surface area contributed by atoms with Crippen molar-refractivity contribution in [3.63, 3.8) is 0 Å². The van der Waals surface area contributed by atoms with Crippen LogP contribution in [0.4, 0.5) is 13.2 Å². The van der Waals surface area contributed by atoms with E-state index in [2.05, 4.69) is 0 Å². The van der Waals surface area contributed by atoms with Gasteiger partial charge in [0.2, 0.25) is 5.95 Å². The maximum absolute atomic E-state index is 13.8. The highest BCUT2D eigenvalue weighted by Crippen LogP contribution is 2.37. The second-order valence-electron chi connectivity index (χ2n) is 4.89. The number of rotatable bonds is 2. The van der Waals surface area contributed by atoms with E-state index >= 15 is 0 Å². The van der Waals surface area contributed by atoms with Crippen molar-refractivity contribution in [2.24, 2.45) is 5.73 Å². The molecule has 1 atom stereocenters. The van der Waals surface area contributed by atoms with Gasteiger partial charge in [-0.3, -0.25) is 9.80 Å². The van der Waals surface area contributed by atoms with E-state index in [1.807, 2.05) is 0 Å². The van der Waals surface area contributed by atoms with Gasteiger partial charge in [-0.1, -0.05) is 0 Å². The minimum Gasteiger partial charge on any atom is -0.366 e. The van der Waals surface area contributed by atoms with E-state index in [1.165, 1.54) is 7.05 Å². The molecular formula is C10H16F3N3O. The predicted octanol–water partition coefficient (Wildman–Crippen LogP) is 1.25. The highest BCUT2D eigenvalue weighted by atomic mass is 19.3. The lowest BCUT2D eigenvalue weighted by molar-refractivity contribution is -0.119. The molecular weight excluding hydrogens is 235 g/mol. The third-order valence-corrected chi connectivity index (χ3v) is 2.58. The van der Waals surface area contributed by atoms with Crippen LogP contribution in [0.3, 0.4) is 0 Å². The Hall–Kier alpha value is -1.24. The van der Waals surface area contributed by atoms with Crippen molar-refractivity contribution in [1.29, 1.82) is 0 Å². The highest BCUT2D eigenvalue weighted by molar-refractivity contribution is 5.94. The smallest absolute Gasteiger partial charge is 0.260 e. The molecule has 0 aliphatic carbocycles. The van der Waals surface area contributed by atoms with Crippen molar-refractivity contribution in [2.45, 2.75) is 38.8 Å². The first kappa shape index (κ1) is 13.8. The first-order valence-corrected chi connectivity index (χ1v) is 5.09. The lowest BCUT2D eigenvalue weighted by Gasteiger charge is -2.41. The minimum atomic E-state index is -2.90. The zero-order chi connectivity index (χ0) is 13.5. The molecule has 4 nitrogen and oxygen atoms in total. The first-order valence-electron chi connectivity index (χ1n) is 5.09. The van der Waals surface area contributed by atoms with E-state index in [0.29, 0.717) is 0 Å². The number of carbonyl (C=O) groups is 1. The lowest BCUT2D eigenvalue weighted by atomic mass is 10.0. The van der Waals surface area contributed by atoms with Gasteiger partial charge in [0.05, 0.1) is 5.57 Å². The summed E-state index contributed by atoms with van der Waals surface area (Å²) in [7, 11) is 1.28. The van der Waals surface area contributed by atoms with Crippen molar-refractivity contribution < 1.29 is 18.0 Å². The summed E-state index contributed by atoms with van der Waals surface area (Å²) in [5.74, 6) is -2.18. The summed E-state index contributed by atoms with van der Waals surface area (Å²) in [5.41, 5.74) is 3.53. The van der Waals surface area contributed by atoms with E-state index in [0.717, 1.165) is 10.0 Å². The lowest BCUT2D eigenvalue weighted by Crippen LogP contribution is -2.54. The Bertz CT molecular complexity index is 362. The number of nitrogens with zero attached hydrogens (tertiary/aromatic N) is 2. The fourth-order valence-electron chi connectivity index (χ4n) is 2.05. The van der Waals surface area contributed by atoms with Gasteiger partial charge < -0.3 is 5.73 Å². The molecule has 1 aliphatic heterocycles. The molecule has 1 amide bonds. The molecule has 0 fully saturated rings. The molecule has 0 spiro atoms. The summed E-state index contributed by atoms with van der Waals surface area (Å²) in [6, 6.07) is -1.64. The first-order chi connectivity index (χ1) is 7.59. The van der Waals surface area contributed by atoms with Crippen molar-refractivity contribution in [2.75, 3.05) is 7.05 Å². The Labute approximate surface area is 97.8 Å². The molecule has 0 saturated carbocycles. The number of halogens is 3. The van der Waals surface area contributed by atoms with Crippen LogP contribution in [0.1, 0.15) is 20.8 Å². The number of amides is 1. The summed E-state index contributed by atoms with van der Waals surface area (Å²) in [6.45, 7) is 4.95. The number of hydrogen-bond acceptors (Lipinski definition) is 3. The molecule has 2 N–H and O–H groups in total. The fraction of sp³-hybridized carbons (Fsp3) is 0.700. The van der Waals surface area contributed by atoms with Crippen LogP contribution in [0.25, 0.3) is 0 Å². The van der Waals surface area contributed by atoms with Crippen LogP contribution in [-0.4, -0.2) is 41.0 Å². The van der Waals surface area contributed by atoms with Gasteiger partial charge >= 0.3 is 0 Å². The second kappa shape index (κ2) is 4.21. The molecule has 0 bridgehead atoms. The van der Waals surface area contributed by atoms with E-state index in [1.54, 1.807) is 20.8 Å². The molecule has 0 aromatic heterocycles. The van der Waals surface area contributed by atoms with Gasteiger partial charge in [-0.2, -0.15) is 4.39 Å². The number of alkyl halides is 2. The van der Waals surface area contributed by atoms with Crippen LogP contribution in [0.15, 0.2) is 11.5 Å². The minimum absolute atomic E-state index is 0.669.